The Kier molecular flexibility index (Phi) is 5.81. The lowest BCUT2D eigenvalue weighted by molar-refractivity contribution is 0.0950. The Labute approximate surface area is 170 Å². The van der Waals surface area contributed by atoms with Gasteiger partial charge in [-0.15, -0.1) is 0 Å². The summed E-state index contributed by atoms with van der Waals surface area (Å²) in [5.74, 6) is -0.0519. The molecule has 0 saturated carbocycles. The first-order valence-corrected chi connectivity index (χ1v) is 9.79. The molecule has 0 spiro atoms. The molecule has 3 aromatic carbocycles. The van der Waals surface area contributed by atoms with Crippen LogP contribution in [-0.2, 0) is 19.4 Å². The summed E-state index contributed by atoms with van der Waals surface area (Å²) in [6.45, 7) is 0.446. The maximum Gasteiger partial charge on any atom is 0.251 e. The van der Waals surface area contributed by atoms with Gasteiger partial charge in [0.25, 0.3) is 5.91 Å². The summed E-state index contributed by atoms with van der Waals surface area (Å²) >= 11 is 0. The number of rotatable bonds is 7. The van der Waals surface area contributed by atoms with E-state index in [1.165, 1.54) is 5.56 Å². The lowest BCUT2D eigenvalue weighted by Crippen LogP contribution is -2.24. The molecule has 1 amide bonds. The van der Waals surface area contributed by atoms with Crippen LogP contribution >= 0.6 is 0 Å². The first kappa shape index (κ1) is 18.7. The smallest absolute Gasteiger partial charge is 0.251 e. The van der Waals surface area contributed by atoms with E-state index in [9.17, 15) is 4.79 Å². The molecule has 0 atom stereocenters. The molecule has 4 nitrogen and oxygen atoms in total. The van der Waals surface area contributed by atoms with Crippen molar-refractivity contribution in [2.75, 3.05) is 0 Å². The maximum atomic E-state index is 12.9. The fourth-order valence-corrected chi connectivity index (χ4v) is 3.45. The molecule has 4 rings (SSSR count). The molecule has 0 fully saturated rings. The lowest BCUT2D eigenvalue weighted by atomic mass is 9.99. The van der Waals surface area contributed by atoms with E-state index in [-0.39, 0.29) is 5.91 Å². The average Bonchev–Trinajstić information content (AvgIpc) is 3.32. The van der Waals surface area contributed by atoms with Crippen LogP contribution in [0.3, 0.4) is 0 Å². The number of benzene rings is 3. The van der Waals surface area contributed by atoms with Gasteiger partial charge in [-0.1, -0.05) is 66.7 Å². The zero-order valence-electron chi connectivity index (χ0n) is 16.2. The van der Waals surface area contributed by atoms with Gasteiger partial charge in [-0.05, 0) is 47.7 Å². The monoisotopic (exact) mass is 381 g/mol. The summed E-state index contributed by atoms with van der Waals surface area (Å²) in [4.78, 5) is 12.9. The summed E-state index contributed by atoms with van der Waals surface area (Å²) in [5, 5.41) is 7.38. The number of nitrogens with zero attached hydrogens (tertiary/aromatic N) is 2. The van der Waals surface area contributed by atoms with Gasteiger partial charge in [0.05, 0.1) is 5.69 Å². The fourth-order valence-electron chi connectivity index (χ4n) is 3.45. The maximum absolute atomic E-state index is 12.9. The van der Waals surface area contributed by atoms with E-state index in [4.69, 9.17) is 0 Å². The third kappa shape index (κ3) is 4.61. The second kappa shape index (κ2) is 9.02. The standard InChI is InChI=1S/C25H23N3O/c29-25(26-19-22-12-5-7-14-24(22)28-18-8-17-27-28)23-13-6-4-11-21(23)16-15-20-9-2-1-3-10-20/h1-14,17-18H,15-16,19H2,(H,26,29). The molecule has 0 bridgehead atoms. The van der Waals surface area contributed by atoms with E-state index in [0.29, 0.717) is 6.54 Å². The van der Waals surface area contributed by atoms with Crippen LogP contribution in [0.25, 0.3) is 5.69 Å². The van der Waals surface area contributed by atoms with Crippen LogP contribution in [0.4, 0.5) is 0 Å². The second-order valence-electron chi connectivity index (χ2n) is 6.90. The summed E-state index contributed by atoms with van der Waals surface area (Å²) in [7, 11) is 0. The highest BCUT2D eigenvalue weighted by molar-refractivity contribution is 5.95. The minimum atomic E-state index is -0.0519. The fraction of sp³-hybridized carbons (Fsp3) is 0.120. The third-order valence-corrected chi connectivity index (χ3v) is 4.97. The van der Waals surface area contributed by atoms with Crippen LogP contribution < -0.4 is 5.32 Å². The zero-order chi connectivity index (χ0) is 19.9. The van der Waals surface area contributed by atoms with Crippen molar-refractivity contribution < 1.29 is 4.79 Å². The Morgan fingerprint density at radius 2 is 1.52 bits per heavy atom. The number of nitrogens with one attached hydrogen (secondary N) is 1. The molecular weight excluding hydrogens is 358 g/mol. The number of carbonyl (C=O) groups is 1. The SMILES string of the molecule is O=C(NCc1ccccc1-n1cccn1)c1ccccc1CCc1ccccc1. The van der Waals surface area contributed by atoms with Crippen LogP contribution in [0.5, 0.6) is 0 Å². The summed E-state index contributed by atoms with van der Waals surface area (Å²) in [6.07, 6.45) is 5.39. The van der Waals surface area contributed by atoms with Crippen molar-refractivity contribution in [3.63, 3.8) is 0 Å². The van der Waals surface area contributed by atoms with Gasteiger partial charge in [0, 0.05) is 24.5 Å². The van der Waals surface area contributed by atoms with Gasteiger partial charge in [-0.2, -0.15) is 5.10 Å². The second-order valence-corrected chi connectivity index (χ2v) is 6.90. The summed E-state index contributed by atoms with van der Waals surface area (Å²) < 4.78 is 1.81. The van der Waals surface area contributed by atoms with Gasteiger partial charge in [-0.3, -0.25) is 4.79 Å². The zero-order valence-corrected chi connectivity index (χ0v) is 16.2. The highest BCUT2D eigenvalue weighted by atomic mass is 16.1. The summed E-state index contributed by atoms with van der Waals surface area (Å²) in [6, 6.07) is 28.0. The van der Waals surface area contributed by atoms with Gasteiger partial charge in [0.15, 0.2) is 0 Å². The van der Waals surface area contributed by atoms with E-state index < -0.39 is 0 Å². The highest BCUT2D eigenvalue weighted by Gasteiger charge is 2.12. The van der Waals surface area contributed by atoms with Gasteiger partial charge in [0.1, 0.15) is 0 Å². The van der Waals surface area contributed by atoms with Crippen molar-refractivity contribution in [1.82, 2.24) is 15.1 Å². The molecule has 0 aliphatic heterocycles. The highest BCUT2D eigenvalue weighted by Crippen LogP contribution is 2.15. The topological polar surface area (TPSA) is 46.9 Å². The van der Waals surface area contributed by atoms with Crippen molar-refractivity contribution in [1.29, 1.82) is 0 Å². The minimum Gasteiger partial charge on any atom is -0.348 e. The van der Waals surface area contributed by atoms with E-state index in [1.807, 2.05) is 83.7 Å². The van der Waals surface area contributed by atoms with Crippen LogP contribution in [0, 0.1) is 0 Å². The predicted octanol–water partition coefficient (Wildman–Crippen LogP) is 4.59. The van der Waals surface area contributed by atoms with Gasteiger partial charge in [-0.25, -0.2) is 4.68 Å². The van der Waals surface area contributed by atoms with Crippen molar-refractivity contribution in [2.45, 2.75) is 19.4 Å². The molecule has 4 aromatic rings. The number of hydrogen-bond acceptors (Lipinski definition) is 2. The Morgan fingerprint density at radius 1 is 0.793 bits per heavy atom. The quantitative estimate of drug-likeness (QED) is 0.509. The molecule has 29 heavy (non-hydrogen) atoms. The van der Waals surface area contributed by atoms with Crippen molar-refractivity contribution in [2.24, 2.45) is 0 Å². The van der Waals surface area contributed by atoms with Gasteiger partial charge >= 0.3 is 0 Å². The molecule has 0 saturated heterocycles. The Hall–Kier alpha value is -3.66. The summed E-state index contributed by atoms with van der Waals surface area (Å²) in [5.41, 5.74) is 5.06. The van der Waals surface area contributed by atoms with E-state index in [0.717, 1.165) is 35.2 Å². The Balaban J connectivity index is 1.46. The van der Waals surface area contributed by atoms with Crippen LogP contribution in [0.15, 0.2) is 97.3 Å². The molecule has 144 valence electrons. The first-order valence-electron chi connectivity index (χ1n) is 9.79. The molecule has 1 aromatic heterocycles. The molecule has 1 heterocycles. The molecule has 1 N–H and O–H groups in total. The molecule has 0 aliphatic rings. The van der Waals surface area contributed by atoms with E-state index in [2.05, 4.69) is 22.5 Å². The number of aromatic nitrogens is 2. The number of carbonyl (C=O) groups excluding carboxylic acids is 1. The van der Waals surface area contributed by atoms with Crippen LogP contribution in [0.1, 0.15) is 27.0 Å². The predicted molar refractivity (Wildman–Crippen MR) is 115 cm³/mol. The largest absolute Gasteiger partial charge is 0.348 e. The van der Waals surface area contributed by atoms with E-state index >= 15 is 0 Å². The van der Waals surface area contributed by atoms with Crippen molar-refractivity contribution in [3.05, 3.63) is 120 Å². The molecular formula is C25H23N3O. The number of aryl methyl sites for hydroxylation is 2. The number of amides is 1. The number of para-hydroxylation sites is 1. The normalized spacial score (nSPS) is 10.6. The minimum absolute atomic E-state index is 0.0519. The number of hydrogen-bond donors (Lipinski definition) is 1. The lowest BCUT2D eigenvalue weighted by Gasteiger charge is -2.13. The van der Waals surface area contributed by atoms with Crippen LogP contribution in [0.2, 0.25) is 0 Å². The third-order valence-electron chi connectivity index (χ3n) is 4.97. The first-order chi connectivity index (χ1) is 14.3. The molecule has 0 aliphatic carbocycles. The van der Waals surface area contributed by atoms with Crippen LogP contribution in [-0.4, -0.2) is 15.7 Å². The Bertz CT molecular complexity index is 1070. The van der Waals surface area contributed by atoms with Crippen molar-refractivity contribution in [3.8, 4) is 5.69 Å². The van der Waals surface area contributed by atoms with Crippen molar-refractivity contribution >= 4 is 5.91 Å². The molecule has 4 heteroatoms. The van der Waals surface area contributed by atoms with Gasteiger partial charge < -0.3 is 5.32 Å². The Morgan fingerprint density at radius 3 is 2.31 bits per heavy atom. The van der Waals surface area contributed by atoms with Gasteiger partial charge in [0.2, 0.25) is 0 Å². The average molecular weight is 381 g/mol. The van der Waals surface area contributed by atoms with E-state index in [1.54, 1.807) is 6.20 Å². The molecule has 0 unspecified atom stereocenters. The molecule has 0 radical (unpaired) electrons.